The Hall–Kier alpha value is -2.04. The molecule has 1 heterocycles. The van der Waals surface area contributed by atoms with Gasteiger partial charge in [-0.2, -0.15) is 0 Å². The van der Waals surface area contributed by atoms with Crippen molar-refractivity contribution in [1.29, 1.82) is 0 Å². The quantitative estimate of drug-likeness (QED) is 0.909. The molecule has 0 aliphatic carbocycles. The number of carbonyl (C=O) groups excluding carboxylic acids is 1. The van der Waals surface area contributed by atoms with Crippen LogP contribution in [0.5, 0.6) is 5.75 Å². The summed E-state index contributed by atoms with van der Waals surface area (Å²) in [4.78, 5) is 24.6. The molecule has 5 heteroatoms. The number of carbonyl (C=O) groups is 2. The molecular formula is C15H19NO4. The third-order valence-electron chi connectivity index (χ3n) is 3.48. The smallest absolute Gasteiger partial charge is 0.308 e. The minimum absolute atomic E-state index is 0.0458. The number of rotatable bonds is 4. The van der Waals surface area contributed by atoms with Crippen molar-refractivity contribution < 1.29 is 19.4 Å². The first-order valence-corrected chi connectivity index (χ1v) is 6.76. The van der Waals surface area contributed by atoms with E-state index in [-0.39, 0.29) is 19.1 Å². The van der Waals surface area contributed by atoms with E-state index in [1.807, 2.05) is 25.1 Å². The van der Waals surface area contributed by atoms with E-state index in [9.17, 15) is 9.59 Å². The van der Waals surface area contributed by atoms with Crippen molar-refractivity contribution in [2.24, 2.45) is 5.92 Å². The minimum Gasteiger partial charge on any atom is -0.484 e. The lowest BCUT2D eigenvalue weighted by molar-refractivity contribution is -0.146. The Morgan fingerprint density at radius 3 is 2.95 bits per heavy atom. The standard InChI is InChI=1S/C15H19NO4/c1-11-4-2-6-13(8-11)20-10-14(17)16-7-3-5-12(9-16)15(18)19/h2,4,6,8,12H,3,5,7,9-10H2,1H3,(H,18,19)/t12-/m0/s1. The summed E-state index contributed by atoms with van der Waals surface area (Å²) in [6, 6.07) is 7.49. The molecule has 1 aromatic rings. The zero-order valence-corrected chi connectivity index (χ0v) is 11.5. The molecule has 1 amide bonds. The van der Waals surface area contributed by atoms with Gasteiger partial charge in [0.1, 0.15) is 5.75 Å². The molecule has 1 N–H and O–H groups in total. The second kappa shape index (κ2) is 6.41. The summed E-state index contributed by atoms with van der Waals surface area (Å²) in [5.41, 5.74) is 1.07. The number of piperidine rings is 1. The van der Waals surface area contributed by atoms with Crippen LogP contribution in [-0.4, -0.2) is 41.6 Å². The van der Waals surface area contributed by atoms with Gasteiger partial charge in [0.15, 0.2) is 6.61 Å². The lowest BCUT2D eigenvalue weighted by atomic mass is 9.98. The summed E-state index contributed by atoms with van der Waals surface area (Å²) >= 11 is 0. The average molecular weight is 277 g/mol. The minimum atomic E-state index is -0.831. The van der Waals surface area contributed by atoms with Crippen LogP contribution < -0.4 is 4.74 Å². The summed E-state index contributed by atoms with van der Waals surface area (Å²) < 4.78 is 5.46. The Bertz CT molecular complexity index is 500. The Morgan fingerprint density at radius 1 is 1.45 bits per heavy atom. The molecular weight excluding hydrogens is 258 g/mol. The van der Waals surface area contributed by atoms with E-state index in [2.05, 4.69) is 0 Å². The zero-order valence-electron chi connectivity index (χ0n) is 11.5. The number of nitrogens with zero attached hydrogens (tertiary/aromatic N) is 1. The highest BCUT2D eigenvalue weighted by atomic mass is 16.5. The SMILES string of the molecule is Cc1cccc(OCC(=O)N2CCC[C@H](C(=O)O)C2)c1. The molecule has 1 aliphatic rings. The predicted molar refractivity (Wildman–Crippen MR) is 73.6 cm³/mol. The molecule has 5 nitrogen and oxygen atoms in total. The Balaban J connectivity index is 1.87. The Morgan fingerprint density at radius 2 is 2.25 bits per heavy atom. The number of hydrogen-bond acceptors (Lipinski definition) is 3. The molecule has 2 rings (SSSR count). The van der Waals surface area contributed by atoms with Crippen molar-refractivity contribution in [2.75, 3.05) is 19.7 Å². The van der Waals surface area contributed by atoms with E-state index in [1.165, 1.54) is 0 Å². The van der Waals surface area contributed by atoms with E-state index in [0.717, 1.165) is 12.0 Å². The van der Waals surface area contributed by atoms with Gasteiger partial charge < -0.3 is 14.7 Å². The third kappa shape index (κ3) is 3.73. The summed E-state index contributed by atoms with van der Waals surface area (Å²) in [7, 11) is 0. The van der Waals surface area contributed by atoms with Crippen molar-refractivity contribution in [2.45, 2.75) is 19.8 Å². The predicted octanol–water partition coefficient (Wildman–Crippen LogP) is 1.70. The second-order valence-corrected chi connectivity index (χ2v) is 5.12. The van der Waals surface area contributed by atoms with Crippen molar-refractivity contribution in [3.63, 3.8) is 0 Å². The first kappa shape index (κ1) is 14.4. The molecule has 0 unspecified atom stereocenters. The van der Waals surface area contributed by atoms with Crippen LogP contribution in [0.1, 0.15) is 18.4 Å². The monoisotopic (exact) mass is 277 g/mol. The first-order chi connectivity index (χ1) is 9.56. The fourth-order valence-corrected chi connectivity index (χ4v) is 2.35. The van der Waals surface area contributed by atoms with Crippen LogP contribution in [0.3, 0.4) is 0 Å². The number of hydrogen-bond donors (Lipinski definition) is 1. The van der Waals surface area contributed by atoms with Gasteiger partial charge >= 0.3 is 5.97 Å². The average Bonchev–Trinajstić information content (AvgIpc) is 2.45. The van der Waals surface area contributed by atoms with Gasteiger partial charge in [-0.3, -0.25) is 9.59 Å². The summed E-state index contributed by atoms with van der Waals surface area (Å²) in [5.74, 6) is -0.781. The van der Waals surface area contributed by atoms with Crippen LogP contribution in [0.15, 0.2) is 24.3 Å². The molecule has 1 aliphatic heterocycles. The highest BCUT2D eigenvalue weighted by Gasteiger charge is 2.28. The molecule has 20 heavy (non-hydrogen) atoms. The van der Waals surface area contributed by atoms with Gasteiger partial charge in [0.25, 0.3) is 5.91 Å². The van der Waals surface area contributed by atoms with E-state index in [4.69, 9.17) is 9.84 Å². The number of carboxylic acid groups (broad SMARTS) is 1. The number of ether oxygens (including phenoxy) is 1. The molecule has 108 valence electrons. The van der Waals surface area contributed by atoms with Crippen LogP contribution in [0.2, 0.25) is 0 Å². The topological polar surface area (TPSA) is 66.8 Å². The van der Waals surface area contributed by atoms with Crippen LogP contribution in [-0.2, 0) is 9.59 Å². The van der Waals surface area contributed by atoms with Gasteiger partial charge in [-0.1, -0.05) is 12.1 Å². The number of aliphatic carboxylic acids is 1. The maximum Gasteiger partial charge on any atom is 0.308 e. The van der Waals surface area contributed by atoms with Gasteiger partial charge in [0.2, 0.25) is 0 Å². The van der Waals surface area contributed by atoms with Crippen LogP contribution in [0.4, 0.5) is 0 Å². The molecule has 0 spiro atoms. The largest absolute Gasteiger partial charge is 0.484 e. The Labute approximate surface area is 118 Å². The van der Waals surface area contributed by atoms with Crippen molar-refractivity contribution in [1.82, 2.24) is 4.90 Å². The lowest BCUT2D eigenvalue weighted by Gasteiger charge is -2.30. The molecule has 0 aromatic heterocycles. The molecule has 0 saturated carbocycles. The fraction of sp³-hybridized carbons (Fsp3) is 0.467. The Kier molecular flexibility index (Phi) is 4.61. The first-order valence-electron chi connectivity index (χ1n) is 6.76. The number of benzene rings is 1. The van der Waals surface area contributed by atoms with Gasteiger partial charge in [-0.25, -0.2) is 0 Å². The van der Waals surface area contributed by atoms with Crippen molar-refractivity contribution in [3.05, 3.63) is 29.8 Å². The molecule has 1 atom stereocenters. The molecule has 1 aromatic carbocycles. The van der Waals surface area contributed by atoms with Gasteiger partial charge in [0.05, 0.1) is 5.92 Å². The number of carboxylic acids is 1. The van der Waals surface area contributed by atoms with Crippen LogP contribution in [0.25, 0.3) is 0 Å². The van der Waals surface area contributed by atoms with Crippen molar-refractivity contribution in [3.8, 4) is 5.75 Å². The van der Waals surface area contributed by atoms with Gasteiger partial charge in [0, 0.05) is 13.1 Å². The van der Waals surface area contributed by atoms with E-state index < -0.39 is 11.9 Å². The summed E-state index contributed by atoms with van der Waals surface area (Å²) in [5, 5.41) is 9.01. The fourth-order valence-electron chi connectivity index (χ4n) is 2.35. The molecule has 1 saturated heterocycles. The van der Waals surface area contributed by atoms with E-state index >= 15 is 0 Å². The van der Waals surface area contributed by atoms with Crippen LogP contribution in [0, 0.1) is 12.8 Å². The number of amides is 1. The molecule has 0 bridgehead atoms. The van der Waals surface area contributed by atoms with Crippen molar-refractivity contribution >= 4 is 11.9 Å². The molecule has 1 fully saturated rings. The summed E-state index contributed by atoms with van der Waals surface area (Å²) in [6.45, 7) is 2.80. The van der Waals surface area contributed by atoms with E-state index in [1.54, 1.807) is 11.0 Å². The highest BCUT2D eigenvalue weighted by molar-refractivity contribution is 5.79. The lowest BCUT2D eigenvalue weighted by Crippen LogP contribution is -2.44. The molecule has 0 radical (unpaired) electrons. The second-order valence-electron chi connectivity index (χ2n) is 5.12. The maximum atomic E-state index is 12.0. The number of likely N-dealkylation sites (tertiary alicyclic amines) is 1. The number of aryl methyl sites for hydroxylation is 1. The maximum absolute atomic E-state index is 12.0. The third-order valence-corrected chi connectivity index (χ3v) is 3.48. The van der Waals surface area contributed by atoms with Crippen LogP contribution >= 0.6 is 0 Å². The van der Waals surface area contributed by atoms with Gasteiger partial charge in [-0.05, 0) is 37.5 Å². The van der Waals surface area contributed by atoms with Gasteiger partial charge in [-0.15, -0.1) is 0 Å². The normalized spacial score (nSPS) is 18.6. The van der Waals surface area contributed by atoms with E-state index in [0.29, 0.717) is 18.7 Å². The summed E-state index contributed by atoms with van der Waals surface area (Å²) in [6.07, 6.45) is 1.37. The zero-order chi connectivity index (χ0) is 14.5. The highest BCUT2D eigenvalue weighted by Crippen LogP contribution is 2.17.